The van der Waals surface area contributed by atoms with Crippen molar-refractivity contribution >= 4 is 5.90 Å². The minimum absolute atomic E-state index is 0.0550. The van der Waals surface area contributed by atoms with E-state index in [1.807, 2.05) is 13.0 Å². The third kappa shape index (κ3) is 1.06. The summed E-state index contributed by atoms with van der Waals surface area (Å²) < 4.78 is 5.14. The third-order valence-corrected chi connectivity index (χ3v) is 2.88. The van der Waals surface area contributed by atoms with E-state index < -0.39 is 5.54 Å². The molecule has 0 saturated carbocycles. The number of fused-ring (bicyclic) bond motifs is 2. The minimum atomic E-state index is -0.907. The molecular weight excluding hydrogens is 178 g/mol. The van der Waals surface area contributed by atoms with Gasteiger partial charge in [0.15, 0.2) is 5.54 Å². The lowest BCUT2D eigenvalue weighted by Crippen LogP contribution is -2.54. The molecule has 0 spiro atoms. The van der Waals surface area contributed by atoms with Gasteiger partial charge in [0.25, 0.3) is 0 Å². The summed E-state index contributed by atoms with van der Waals surface area (Å²) in [5, 5.41) is 20.1. The van der Waals surface area contributed by atoms with Gasteiger partial charge in [-0.1, -0.05) is 12.2 Å². The molecule has 0 aromatic carbocycles. The average Bonchev–Trinajstić information content (AvgIpc) is 2.77. The summed E-state index contributed by atoms with van der Waals surface area (Å²) >= 11 is 0. The normalized spacial score (nSPS) is 38.3. The topological polar surface area (TPSA) is 68.9 Å². The van der Waals surface area contributed by atoms with Crippen molar-refractivity contribution in [2.45, 2.75) is 24.9 Å². The van der Waals surface area contributed by atoms with E-state index in [1.165, 1.54) is 0 Å². The molecule has 3 atom stereocenters. The number of rotatable bonds is 2. The van der Waals surface area contributed by atoms with Gasteiger partial charge in [-0.25, -0.2) is 0 Å². The SMILES string of the molecule is CCOC(=N)[C@@]1(C#N)NC2C=CC1C2. The Kier molecular flexibility index (Phi) is 2.05. The maximum Gasteiger partial charge on any atom is 0.217 e. The second kappa shape index (κ2) is 3.10. The molecule has 4 heteroatoms. The highest BCUT2D eigenvalue weighted by Crippen LogP contribution is 2.37. The zero-order chi connectivity index (χ0) is 10.2. The predicted molar refractivity (Wildman–Crippen MR) is 51.9 cm³/mol. The molecule has 1 heterocycles. The summed E-state index contributed by atoms with van der Waals surface area (Å²) in [6.07, 6.45) is 4.97. The van der Waals surface area contributed by atoms with Crippen LogP contribution in [-0.4, -0.2) is 24.1 Å². The fourth-order valence-electron chi connectivity index (χ4n) is 2.18. The van der Waals surface area contributed by atoms with Crippen LogP contribution in [0, 0.1) is 22.7 Å². The lowest BCUT2D eigenvalue weighted by atomic mass is 9.87. The first-order valence-electron chi connectivity index (χ1n) is 4.82. The van der Waals surface area contributed by atoms with E-state index >= 15 is 0 Å². The van der Waals surface area contributed by atoms with Crippen molar-refractivity contribution < 1.29 is 4.74 Å². The third-order valence-electron chi connectivity index (χ3n) is 2.88. The molecule has 2 aliphatic rings. The van der Waals surface area contributed by atoms with Crippen molar-refractivity contribution in [1.82, 2.24) is 5.32 Å². The fourth-order valence-corrected chi connectivity index (χ4v) is 2.18. The molecule has 0 aromatic heterocycles. The highest BCUT2D eigenvalue weighted by atomic mass is 16.5. The van der Waals surface area contributed by atoms with Gasteiger partial charge >= 0.3 is 0 Å². The van der Waals surface area contributed by atoms with Gasteiger partial charge in [-0.3, -0.25) is 10.7 Å². The zero-order valence-corrected chi connectivity index (χ0v) is 8.08. The molecular formula is C10H13N3O. The van der Waals surface area contributed by atoms with E-state index in [0.29, 0.717) is 6.61 Å². The van der Waals surface area contributed by atoms with Crippen LogP contribution in [0.25, 0.3) is 0 Å². The first-order valence-corrected chi connectivity index (χ1v) is 4.82. The molecule has 2 unspecified atom stereocenters. The molecule has 4 nitrogen and oxygen atoms in total. The Hall–Kier alpha value is -1.34. The molecule has 1 saturated heterocycles. The molecule has 1 aliphatic heterocycles. The average molecular weight is 191 g/mol. The molecule has 2 rings (SSSR count). The number of nitriles is 1. The summed E-state index contributed by atoms with van der Waals surface area (Å²) in [4.78, 5) is 0. The quantitative estimate of drug-likeness (QED) is 0.385. The molecule has 2 N–H and O–H groups in total. The number of nitrogens with zero attached hydrogens (tertiary/aromatic N) is 1. The van der Waals surface area contributed by atoms with Crippen molar-refractivity contribution in [3.05, 3.63) is 12.2 Å². The molecule has 0 amide bonds. The van der Waals surface area contributed by atoms with E-state index in [9.17, 15) is 0 Å². The summed E-state index contributed by atoms with van der Waals surface area (Å²) in [6.45, 7) is 2.26. The summed E-state index contributed by atoms with van der Waals surface area (Å²) in [6, 6.07) is 2.42. The van der Waals surface area contributed by atoms with Crippen molar-refractivity contribution in [3.8, 4) is 6.07 Å². The van der Waals surface area contributed by atoms with E-state index in [4.69, 9.17) is 15.4 Å². The Morgan fingerprint density at radius 3 is 3.00 bits per heavy atom. The minimum Gasteiger partial charge on any atom is -0.479 e. The van der Waals surface area contributed by atoms with E-state index in [-0.39, 0.29) is 17.9 Å². The van der Waals surface area contributed by atoms with Gasteiger partial charge in [0.1, 0.15) is 0 Å². The van der Waals surface area contributed by atoms with Crippen molar-refractivity contribution in [2.24, 2.45) is 5.92 Å². The lowest BCUT2D eigenvalue weighted by molar-refractivity contribution is 0.280. The van der Waals surface area contributed by atoms with Crippen molar-refractivity contribution in [3.63, 3.8) is 0 Å². The van der Waals surface area contributed by atoms with Gasteiger partial charge in [0.05, 0.1) is 12.7 Å². The summed E-state index contributed by atoms with van der Waals surface area (Å²) in [5.41, 5.74) is -0.907. The van der Waals surface area contributed by atoms with E-state index in [0.717, 1.165) is 6.42 Å². The molecule has 1 fully saturated rings. The summed E-state index contributed by atoms with van der Waals surface area (Å²) in [5.74, 6) is 0.149. The number of ether oxygens (including phenoxy) is 1. The maximum absolute atomic E-state index is 9.17. The standard InChI is InChI=1S/C10H13N3O/c1-2-14-9(12)10(6-11)7-3-4-8(5-7)13-10/h3-4,7-8,12-13H,2,5H2,1H3/t7?,8?,10-/m0/s1. The van der Waals surface area contributed by atoms with Crippen LogP contribution in [0.15, 0.2) is 12.2 Å². The first-order chi connectivity index (χ1) is 6.73. The van der Waals surface area contributed by atoms with Crippen LogP contribution in [0.4, 0.5) is 0 Å². The van der Waals surface area contributed by atoms with E-state index in [1.54, 1.807) is 0 Å². The van der Waals surface area contributed by atoms with Crippen LogP contribution in [0.3, 0.4) is 0 Å². The van der Waals surface area contributed by atoms with Gasteiger partial charge in [-0.15, -0.1) is 0 Å². The first kappa shape index (κ1) is 9.22. The van der Waals surface area contributed by atoms with Crippen LogP contribution in [0.5, 0.6) is 0 Å². The fraction of sp³-hybridized carbons (Fsp3) is 0.600. The Morgan fingerprint density at radius 1 is 1.79 bits per heavy atom. The van der Waals surface area contributed by atoms with Crippen LogP contribution < -0.4 is 5.32 Å². The lowest BCUT2D eigenvalue weighted by Gasteiger charge is -2.28. The number of hydrogen-bond acceptors (Lipinski definition) is 4. The van der Waals surface area contributed by atoms with Crippen LogP contribution >= 0.6 is 0 Å². The largest absolute Gasteiger partial charge is 0.479 e. The van der Waals surface area contributed by atoms with Gasteiger partial charge in [-0.2, -0.15) is 5.26 Å². The number of nitrogens with one attached hydrogen (secondary N) is 2. The van der Waals surface area contributed by atoms with Crippen LogP contribution in [0.2, 0.25) is 0 Å². The van der Waals surface area contributed by atoms with Crippen molar-refractivity contribution in [1.29, 1.82) is 10.7 Å². The van der Waals surface area contributed by atoms with Gasteiger partial charge in [0, 0.05) is 12.0 Å². The van der Waals surface area contributed by atoms with Crippen molar-refractivity contribution in [2.75, 3.05) is 6.61 Å². The second-order valence-electron chi connectivity index (χ2n) is 3.66. The van der Waals surface area contributed by atoms with Gasteiger partial charge in [-0.05, 0) is 13.3 Å². The Labute approximate surface area is 83.1 Å². The van der Waals surface area contributed by atoms with Crippen LogP contribution in [0.1, 0.15) is 13.3 Å². The number of hydrogen-bond donors (Lipinski definition) is 2. The molecule has 0 radical (unpaired) electrons. The zero-order valence-electron chi connectivity index (χ0n) is 8.08. The predicted octanol–water partition coefficient (Wildman–Crippen LogP) is 0.810. The maximum atomic E-state index is 9.17. The van der Waals surface area contributed by atoms with E-state index in [2.05, 4.69) is 17.5 Å². The van der Waals surface area contributed by atoms with Gasteiger partial charge in [0.2, 0.25) is 5.90 Å². The molecule has 74 valence electrons. The Balaban J connectivity index is 2.25. The smallest absolute Gasteiger partial charge is 0.217 e. The van der Waals surface area contributed by atoms with Gasteiger partial charge < -0.3 is 4.74 Å². The second-order valence-corrected chi connectivity index (χ2v) is 3.66. The molecule has 0 aromatic rings. The Bertz CT molecular complexity index is 331. The highest BCUT2D eigenvalue weighted by Gasteiger charge is 2.53. The highest BCUT2D eigenvalue weighted by molar-refractivity contribution is 5.88. The Morgan fingerprint density at radius 2 is 2.57 bits per heavy atom. The monoisotopic (exact) mass is 191 g/mol. The molecule has 2 bridgehead atoms. The molecule has 14 heavy (non-hydrogen) atoms. The molecule has 1 aliphatic carbocycles. The van der Waals surface area contributed by atoms with Crippen LogP contribution in [-0.2, 0) is 4.74 Å². The summed E-state index contributed by atoms with van der Waals surface area (Å²) in [7, 11) is 0.